The summed E-state index contributed by atoms with van der Waals surface area (Å²) in [6.07, 6.45) is -0.708. The van der Waals surface area contributed by atoms with Gasteiger partial charge in [-0.3, -0.25) is 0 Å². The van der Waals surface area contributed by atoms with E-state index in [-0.39, 0.29) is 13.0 Å². The zero-order valence-electron chi connectivity index (χ0n) is 16.5. The number of amides is 1. The molecule has 3 rings (SSSR count). The molecule has 0 fully saturated rings. The molecule has 0 heterocycles. The lowest BCUT2D eigenvalue weighted by molar-refractivity contribution is -0.149. The van der Waals surface area contributed by atoms with Gasteiger partial charge >= 0.3 is 12.1 Å². The third-order valence-corrected chi connectivity index (χ3v) is 4.71. The molecule has 3 aromatic rings. The van der Waals surface area contributed by atoms with Crippen molar-refractivity contribution in [3.8, 4) is 0 Å². The zero-order chi connectivity index (χ0) is 21.4. The third kappa shape index (κ3) is 5.03. The molecule has 1 atom stereocenters. The first-order valence-corrected chi connectivity index (χ1v) is 9.41. The number of ether oxygens (including phenoxy) is 2. The monoisotopic (exact) mass is 407 g/mol. The van der Waals surface area contributed by atoms with Gasteiger partial charge in [-0.15, -0.1) is 0 Å². The highest BCUT2D eigenvalue weighted by Crippen LogP contribution is 2.28. The number of rotatable bonds is 7. The van der Waals surface area contributed by atoms with Crippen LogP contribution in [0.25, 0.3) is 0 Å². The Labute approximate surface area is 174 Å². The highest BCUT2D eigenvalue weighted by atomic mass is 19.1. The predicted molar refractivity (Wildman–Crippen MR) is 110 cm³/mol. The van der Waals surface area contributed by atoms with Crippen molar-refractivity contribution in [3.05, 3.63) is 107 Å². The van der Waals surface area contributed by atoms with E-state index in [1.807, 2.05) is 30.3 Å². The molecular formula is C24H22FNO4. The number of carbonyl (C=O) groups excluding carboxylic acids is 2. The van der Waals surface area contributed by atoms with Gasteiger partial charge in [0.05, 0.1) is 7.11 Å². The Morgan fingerprint density at radius 1 is 0.867 bits per heavy atom. The van der Waals surface area contributed by atoms with E-state index >= 15 is 0 Å². The van der Waals surface area contributed by atoms with Crippen LogP contribution in [0.1, 0.15) is 16.7 Å². The molecule has 0 bridgehead atoms. The molecule has 5 nitrogen and oxygen atoms in total. The molecule has 1 N–H and O–H groups in total. The quantitative estimate of drug-likeness (QED) is 0.591. The van der Waals surface area contributed by atoms with Crippen molar-refractivity contribution >= 4 is 12.1 Å². The number of alkyl carbamates (subject to hydrolysis) is 1. The van der Waals surface area contributed by atoms with Crippen LogP contribution in [0.3, 0.4) is 0 Å². The molecule has 0 spiro atoms. The van der Waals surface area contributed by atoms with Gasteiger partial charge in [0.15, 0.2) is 5.54 Å². The lowest BCUT2D eigenvalue weighted by Gasteiger charge is -2.32. The molecule has 6 heteroatoms. The predicted octanol–water partition coefficient (Wildman–Crippen LogP) is 4.36. The Hall–Kier alpha value is -3.67. The van der Waals surface area contributed by atoms with Gasteiger partial charge in [-0.05, 0) is 28.8 Å². The summed E-state index contributed by atoms with van der Waals surface area (Å²) < 4.78 is 23.7. The van der Waals surface area contributed by atoms with Crippen LogP contribution in [0.4, 0.5) is 9.18 Å². The number of esters is 1. The highest BCUT2D eigenvalue weighted by molar-refractivity contribution is 5.87. The van der Waals surface area contributed by atoms with E-state index in [1.165, 1.54) is 19.2 Å². The number of halogens is 1. The molecule has 1 amide bonds. The smallest absolute Gasteiger partial charge is 0.408 e. The molecule has 0 saturated carbocycles. The highest BCUT2D eigenvalue weighted by Gasteiger charge is 2.43. The topological polar surface area (TPSA) is 64.6 Å². The van der Waals surface area contributed by atoms with E-state index in [4.69, 9.17) is 9.47 Å². The molecule has 3 aromatic carbocycles. The number of carbonyl (C=O) groups is 2. The lowest BCUT2D eigenvalue weighted by atomic mass is 9.83. The Balaban J connectivity index is 1.91. The summed E-state index contributed by atoms with van der Waals surface area (Å²) in [6.45, 7) is 0.0509. The molecule has 0 aliphatic rings. The summed E-state index contributed by atoms with van der Waals surface area (Å²) in [5, 5.41) is 2.70. The van der Waals surface area contributed by atoms with E-state index in [9.17, 15) is 14.0 Å². The van der Waals surface area contributed by atoms with Crippen molar-refractivity contribution in [2.75, 3.05) is 7.11 Å². The molecule has 0 aliphatic heterocycles. The van der Waals surface area contributed by atoms with Crippen LogP contribution in [0.2, 0.25) is 0 Å². The van der Waals surface area contributed by atoms with Crippen molar-refractivity contribution < 1.29 is 23.5 Å². The van der Waals surface area contributed by atoms with E-state index in [0.29, 0.717) is 11.1 Å². The van der Waals surface area contributed by atoms with Gasteiger partial charge in [0.25, 0.3) is 0 Å². The molecule has 0 radical (unpaired) electrons. The second-order valence-electron chi connectivity index (χ2n) is 6.75. The SMILES string of the molecule is COC(=O)C(Cc1ccc(F)cc1)(NC(=O)OCc1ccccc1)c1ccccc1. The van der Waals surface area contributed by atoms with E-state index in [0.717, 1.165) is 5.56 Å². The summed E-state index contributed by atoms with van der Waals surface area (Å²) in [4.78, 5) is 25.6. The van der Waals surface area contributed by atoms with Crippen LogP contribution < -0.4 is 5.32 Å². The maximum atomic E-state index is 13.4. The van der Waals surface area contributed by atoms with Gasteiger partial charge in [0, 0.05) is 6.42 Å². The minimum Gasteiger partial charge on any atom is -0.467 e. The van der Waals surface area contributed by atoms with Crippen LogP contribution in [0, 0.1) is 5.82 Å². The number of benzene rings is 3. The Kier molecular flexibility index (Phi) is 6.80. The maximum Gasteiger partial charge on any atom is 0.408 e. The minimum absolute atomic E-state index is 0.0509. The molecule has 30 heavy (non-hydrogen) atoms. The largest absolute Gasteiger partial charge is 0.467 e. The number of methoxy groups -OCH3 is 1. The minimum atomic E-state index is -1.54. The van der Waals surface area contributed by atoms with Crippen LogP contribution in [0.15, 0.2) is 84.9 Å². The van der Waals surface area contributed by atoms with Crippen molar-refractivity contribution in [1.82, 2.24) is 5.32 Å². The fourth-order valence-corrected chi connectivity index (χ4v) is 3.20. The summed E-state index contributed by atoms with van der Waals surface area (Å²) in [5.41, 5.74) is 0.447. The van der Waals surface area contributed by atoms with Gasteiger partial charge in [-0.1, -0.05) is 72.8 Å². The number of hydrogen-bond acceptors (Lipinski definition) is 4. The molecule has 0 aliphatic carbocycles. The van der Waals surface area contributed by atoms with Crippen molar-refractivity contribution in [3.63, 3.8) is 0 Å². The van der Waals surface area contributed by atoms with E-state index in [2.05, 4.69) is 5.32 Å². The van der Waals surface area contributed by atoms with Crippen molar-refractivity contribution in [2.45, 2.75) is 18.6 Å². The normalized spacial score (nSPS) is 12.5. The summed E-state index contributed by atoms with van der Waals surface area (Å²) in [7, 11) is 1.25. The zero-order valence-corrected chi connectivity index (χ0v) is 16.5. The standard InChI is InChI=1S/C24H22FNO4/c1-29-22(27)24(20-10-6-3-7-11-20,16-18-12-14-21(25)15-13-18)26-23(28)30-17-19-8-4-2-5-9-19/h2-15H,16-17H2,1H3,(H,26,28). The maximum absolute atomic E-state index is 13.4. The number of nitrogens with one attached hydrogen (secondary N) is 1. The van der Waals surface area contributed by atoms with Crippen LogP contribution >= 0.6 is 0 Å². The average Bonchev–Trinajstić information content (AvgIpc) is 2.79. The van der Waals surface area contributed by atoms with Crippen LogP contribution in [0.5, 0.6) is 0 Å². The molecule has 0 saturated heterocycles. The first-order valence-electron chi connectivity index (χ1n) is 9.41. The molecule has 0 aromatic heterocycles. The molecular weight excluding hydrogens is 385 g/mol. The Bertz CT molecular complexity index is 977. The molecule has 154 valence electrons. The summed E-state index contributed by atoms with van der Waals surface area (Å²) in [5.74, 6) is -1.05. The van der Waals surface area contributed by atoms with Gasteiger partial charge in [-0.2, -0.15) is 0 Å². The van der Waals surface area contributed by atoms with Gasteiger partial charge in [0.1, 0.15) is 12.4 Å². The van der Waals surface area contributed by atoms with Crippen LogP contribution in [-0.2, 0) is 32.8 Å². The third-order valence-electron chi connectivity index (χ3n) is 4.71. The summed E-state index contributed by atoms with van der Waals surface area (Å²) in [6, 6.07) is 23.7. The summed E-state index contributed by atoms with van der Waals surface area (Å²) >= 11 is 0. The fourth-order valence-electron chi connectivity index (χ4n) is 3.20. The van der Waals surface area contributed by atoms with Crippen molar-refractivity contribution in [1.29, 1.82) is 0 Å². The first kappa shape index (κ1) is 21.0. The number of hydrogen-bond donors (Lipinski definition) is 1. The Morgan fingerprint density at radius 2 is 1.47 bits per heavy atom. The Morgan fingerprint density at radius 3 is 2.07 bits per heavy atom. The average molecular weight is 407 g/mol. The van der Waals surface area contributed by atoms with Gasteiger partial charge in [0.2, 0.25) is 0 Å². The fraction of sp³-hybridized carbons (Fsp3) is 0.167. The van der Waals surface area contributed by atoms with Gasteiger partial charge < -0.3 is 14.8 Å². The first-order chi connectivity index (χ1) is 14.5. The van der Waals surface area contributed by atoms with E-state index in [1.54, 1.807) is 42.5 Å². The second kappa shape index (κ2) is 9.69. The molecule has 1 unspecified atom stereocenters. The van der Waals surface area contributed by atoms with Gasteiger partial charge in [-0.25, -0.2) is 14.0 Å². The van der Waals surface area contributed by atoms with Crippen molar-refractivity contribution in [2.24, 2.45) is 0 Å². The van der Waals surface area contributed by atoms with E-state index < -0.39 is 23.4 Å². The lowest BCUT2D eigenvalue weighted by Crippen LogP contribution is -2.54. The van der Waals surface area contributed by atoms with Crippen LogP contribution in [-0.4, -0.2) is 19.2 Å². The second-order valence-corrected chi connectivity index (χ2v) is 6.75.